The third kappa shape index (κ3) is 8.91. The number of aromatic amines is 1. The molecule has 1 aliphatic rings. The van der Waals surface area contributed by atoms with Crippen LogP contribution in [0.2, 0.25) is 0 Å². The lowest BCUT2D eigenvalue weighted by Gasteiger charge is -2.28. The Kier molecular flexibility index (Phi) is 11.3. The van der Waals surface area contributed by atoms with E-state index in [0.717, 1.165) is 22.0 Å². The van der Waals surface area contributed by atoms with Crippen molar-refractivity contribution in [2.75, 3.05) is 13.1 Å². The molecule has 1 fully saturated rings. The number of likely N-dealkylation sites (tertiary alicyclic amines) is 1. The highest BCUT2D eigenvalue weighted by atomic mass is 16.2. The summed E-state index contributed by atoms with van der Waals surface area (Å²) in [5.74, 6) is -2.55. The minimum absolute atomic E-state index is 0.0471. The minimum Gasteiger partial charge on any atom is -0.368 e. The van der Waals surface area contributed by atoms with Gasteiger partial charge in [0.1, 0.15) is 18.1 Å². The molecule has 4 atom stereocenters. The van der Waals surface area contributed by atoms with Crippen LogP contribution in [0.4, 0.5) is 0 Å². The molecule has 0 aliphatic carbocycles. The van der Waals surface area contributed by atoms with Crippen LogP contribution in [-0.4, -0.2) is 76.7 Å². The molecule has 4 rings (SSSR count). The number of hydrogen-bond donors (Lipinski definition) is 6. The third-order valence-electron chi connectivity index (χ3n) is 8.00. The summed E-state index contributed by atoms with van der Waals surface area (Å²) in [6.45, 7) is 3.81. The van der Waals surface area contributed by atoms with Gasteiger partial charge < -0.3 is 37.3 Å². The molecule has 2 heterocycles. The maximum Gasteiger partial charge on any atom is 0.243 e. The van der Waals surface area contributed by atoms with Crippen LogP contribution in [-0.2, 0) is 36.8 Å². The molecule has 8 N–H and O–H groups in total. The van der Waals surface area contributed by atoms with Crippen molar-refractivity contribution in [1.29, 1.82) is 0 Å². The molecular formula is C33H43N7O5. The van der Waals surface area contributed by atoms with Crippen LogP contribution in [0.15, 0.2) is 60.8 Å². The maximum absolute atomic E-state index is 13.4. The second-order valence-corrected chi connectivity index (χ2v) is 12.0. The SMILES string of the molecule is CC(C)CC(NC(=O)C1CCCN1C(=O)C(N)Cc1ccccc1)C(=O)NCC(=O)NC(Cc1c[nH]c2ccccc12)C(N)=O. The number of fused-ring (bicyclic) bond motifs is 1. The Morgan fingerprint density at radius 3 is 2.38 bits per heavy atom. The number of nitrogens with two attached hydrogens (primary N) is 2. The Balaban J connectivity index is 1.33. The smallest absolute Gasteiger partial charge is 0.243 e. The molecule has 1 aromatic heterocycles. The van der Waals surface area contributed by atoms with Gasteiger partial charge in [-0.05, 0) is 48.8 Å². The first-order chi connectivity index (χ1) is 21.5. The van der Waals surface area contributed by atoms with Crippen molar-refractivity contribution in [2.24, 2.45) is 17.4 Å². The molecule has 0 spiro atoms. The van der Waals surface area contributed by atoms with Crippen LogP contribution in [0.5, 0.6) is 0 Å². The molecule has 4 unspecified atom stereocenters. The van der Waals surface area contributed by atoms with Crippen LogP contribution >= 0.6 is 0 Å². The van der Waals surface area contributed by atoms with Crippen molar-refractivity contribution >= 4 is 40.4 Å². The summed E-state index contributed by atoms with van der Waals surface area (Å²) in [4.78, 5) is 69.3. The van der Waals surface area contributed by atoms with E-state index in [1.165, 1.54) is 4.90 Å². The number of carbonyl (C=O) groups excluding carboxylic acids is 5. The van der Waals surface area contributed by atoms with Gasteiger partial charge in [-0.1, -0.05) is 62.4 Å². The topological polar surface area (TPSA) is 193 Å². The van der Waals surface area contributed by atoms with Crippen LogP contribution in [0, 0.1) is 5.92 Å². The molecule has 0 saturated carbocycles. The van der Waals surface area contributed by atoms with Gasteiger partial charge in [-0.2, -0.15) is 0 Å². The highest BCUT2D eigenvalue weighted by molar-refractivity contribution is 5.95. The number of amides is 5. The zero-order valence-corrected chi connectivity index (χ0v) is 25.8. The average molecular weight is 618 g/mol. The van der Waals surface area contributed by atoms with Crippen LogP contribution in [0.1, 0.15) is 44.2 Å². The largest absolute Gasteiger partial charge is 0.368 e. The quantitative estimate of drug-likeness (QED) is 0.156. The van der Waals surface area contributed by atoms with Crippen molar-refractivity contribution in [3.8, 4) is 0 Å². The lowest BCUT2D eigenvalue weighted by molar-refractivity contribution is -0.140. The van der Waals surface area contributed by atoms with E-state index in [4.69, 9.17) is 11.5 Å². The number of H-pyrrole nitrogens is 1. The maximum atomic E-state index is 13.4. The molecule has 12 nitrogen and oxygen atoms in total. The number of nitrogens with one attached hydrogen (secondary N) is 4. The minimum atomic E-state index is -0.987. The van der Waals surface area contributed by atoms with Crippen LogP contribution in [0.3, 0.4) is 0 Å². The van der Waals surface area contributed by atoms with Crippen molar-refractivity contribution < 1.29 is 24.0 Å². The predicted molar refractivity (Wildman–Crippen MR) is 170 cm³/mol. The molecule has 2 aromatic carbocycles. The first-order valence-electron chi connectivity index (χ1n) is 15.3. The number of benzene rings is 2. The fourth-order valence-corrected chi connectivity index (χ4v) is 5.72. The highest BCUT2D eigenvalue weighted by Gasteiger charge is 2.37. The van der Waals surface area contributed by atoms with Crippen molar-refractivity contribution in [3.63, 3.8) is 0 Å². The molecule has 1 aliphatic heterocycles. The molecule has 0 radical (unpaired) electrons. The second kappa shape index (κ2) is 15.3. The van der Waals surface area contributed by atoms with Crippen molar-refractivity contribution in [1.82, 2.24) is 25.8 Å². The molecule has 240 valence electrons. The van der Waals surface area contributed by atoms with Gasteiger partial charge in [0.25, 0.3) is 0 Å². The van der Waals surface area contributed by atoms with Gasteiger partial charge >= 0.3 is 0 Å². The number of carbonyl (C=O) groups is 5. The third-order valence-corrected chi connectivity index (χ3v) is 8.00. The van der Waals surface area contributed by atoms with Crippen molar-refractivity contribution in [2.45, 2.75) is 70.1 Å². The number of rotatable bonds is 14. The van der Waals surface area contributed by atoms with Gasteiger partial charge in [0.05, 0.1) is 12.6 Å². The summed E-state index contributed by atoms with van der Waals surface area (Å²) in [5, 5.41) is 8.89. The Labute approximate surface area is 262 Å². The monoisotopic (exact) mass is 617 g/mol. The van der Waals surface area contributed by atoms with E-state index in [1.807, 2.05) is 68.4 Å². The average Bonchev–Trinajstić information content (AvgIpc) is 3.67. The summed E-state index contributed by atoms with van der Waals surface area (Å²) in [7, 11) is 0. The van der Waals surface area contributed by atoms with E-state index in [2.05, 4.69) is 20.9 Å². The Hall–Kier alpha value is -4.71. The van der Waals surface area contributed by atoms with E-state index >= 15 is 0 Å². The van der Waals surface area contributed by atoms with E-state index in [1.54, 1.807) is 6.20 Å². The number of nitrogens with zero attached hydrogens (tertiary/aromatic N) is 1. The second-order valence-electron chi connectivity index (χ2n) is 12.0. The summed E-state index contributed by atoms with van der Waals surface area (Å²) < 4.78 is 0. The van der Waals surface area contributed by atoms with E-state index < -0.39 is 54.3 Å². The van der Waals surface area contributed by atoms with E-state index in [-0.39, 0.29) is 18.2 Å². The number of primary amides is 1. The van der Waals surface area contributed by atoms with Crippen LogP contribution in [0.25, 0.3) is 10.9 Å². The normalized spacial score (nSPS) is 16.6. The van der Waals surface area contributed by atoms with E-state index in [9.17, 15) is 24.0 Å². The molecule has 45 heavy (non-hydrogen) atoms. The Morgan fingerprint density at radius 1 is 0.956 bits per heavy atom. The Morgan fingerprint density at radius 2 is 1.67 bits per heavy atom. The Bertz CT molecular complexity index is 1510. The summed E-state index contributed by atoms with van der Waals surface area (Å²) in [6.07, 6.45) is 3.71. The zero-order valence-electron chi connectivity index (χ0n) is 25.8. The molecule has 3 aromatic rings. The first kappa shape index (κ1) is 33.2. The van der Waals surface area contributed by atoms with E-state index in [0.29, 0.717) is 32.2 Å². The standard InChI is InChI=1S/C33H43N7O5/c1-20(2)15-27(39-32(44)28-13-8-14-40(28)33(45)24(34)16-21-9-4-3-5-10-21)31(43)37-19-29(41)38-26(30(35)42)17-22-18-36-25-12-7-6-11-23(22)25/h3-7,9-12,18,20,24,26-28,36H,8,13-17,19,34H2,1-2H3,(H2,35,42)(H,37,43)(H,38,41)(H,39,44). The summed E-state index contributed by atoms with van der Waals surface area (Å²) in [5.41, 5.74) is 14.5. The van der Waals surface area contributed by atoms with Gasteiger partial charge in [0, 0.05) is 30.1 Å². The fraction of sp³-hybridized carbons (Fsp3) is 0.424. The highest BCUT2D eigenvalue weighted by Crippen LogP contribution is 2.21. The van der Waals surface area contributed by atoms with Gasteiger partial charge in [0.15, 0.2) is 0 Å². The molecule has 5 amide bonds. The van der Waals surface area contributed by atoms with Crippen molar-refractivity contribution in [3.05, 3.63) is 71.9 Å². The van der Waals surface area contributed by atoms with Gasteiger partial charge in [0.2, 0.25) is 29.5 Å². The summed E-state index contributed by atoms with van der Waals surface area (Å²) >= 11 is 0. The number of hydrogen-bond acceptors (Lipinski definition) is 6. The predicted octanol–water partition coefficient (Wildman–Crippen LogP) is 0.889. The molecular weight excluding hydrogens is 574 g/mol. The van der Waals surface area contributed by atoms with Gasteiger partial charge in [-0.15, -0.1) is 0 Å². The molecule has 1 saturated heterocycles. The number of aromatic nitrogens is 1. The lowest BCUT2D eigenvalue weighted by Crippen LogP contribution is -2.56. The number of para-hydroxylation sites is 1. The van der Waals surface area contributed by atoms with Gasteiger partial charge in [-0.25, -0.2) is 0 Å². The lowest BCUT2D eigenvalue weighted by atomic mass is 10.0. The van der Waals surface area contributed by atoms with Gasteiger partial charge in [-0.3, -0.25) is 24.0 Å². The molecule has 0 bridgehead atoms. The summed E-state index contributed by atoms with van der Waals surface area (Å²) in [6, 6.07) is 13.6. The first-order valence-corrected chi connectivity index (χ1v) is 15.3. The zero-order chi connectivity index (χ0) is 32.5. The fourth-order valence-electron chi connectivity index (χ4n) is 5.72. The molecule has 12 heteroatoms. The van der Waals surface area contributed by atoms with Crippen LogP contribution < -0.4 is 27.4 Å².